The quantitative estimate of drug-likeness (QED) is 0.676. The monoisotopic (exact) mass is 299 g/mol. The molecule has 2 aromatic rings. The Hall–Kier alpha value is -1.54. The molecule has 0 aliphatic rings. The van der Waals surface area contributed by atoms with Crippen molar-refractivity contribution < 1.29 is 9.13 Å². The maximum absolute atomic E-state index is 11.1. The molecule has 2 rings (SSSR count). The Labute approximate surface area is 116 Å². The number of nitrogens with one attached hydrogen (secondary N) is 1. The highest BCUT2D eigenvalue weighted by atomic mass is 32.2. The molecule has 1 aromatic heterocycles. The number of nitrogens with zero attached hydrogens (tertiary/aromatic N) is 2. The molecule has 1 aromatic carbocycles. The molecule has 1 N–H and O–H groups in total. The van der Waals surface area contributed by atoms with Crippen LogP contribution in [-0.2, 0) is 10.8 Å². The molecule has 0 aliphatic heterocycles. The van der Waals surface area contributed by atoms with Crippen molar-refractivity contribution in [1.82, 2.24) is 4.98 Å². The lowest BCUT2D eigenvalue weighted by Crippen LogP contribution is -2.11. The van der Waals surface area contributed by atoms with Crippen LogP contribution in [0.5, 0.6) is 0 Å². The van der Waals surface area contributed by atoms with E-state index in [1.807, 2.05) is 6.92 Å². The van der Waals surface area contributed by atoms with E-state index in [0.29, 0.717) is 18.0 Å². The van der Waals surface area contributed by atoms with Crippen molar-refractivity contribution in [3.63, 3.8) is 0 Å². The van der Waals surface area contributed by atoms with Crippen LogP contribution in [-0.4, -0.2) is 32.7 Å². The summed E-state index contributed by atoms with van der Waals surface area (Å²) in [7, 11) is -0.925. The predicted molar refractivity (Wildman–Crippen MR) is 78.4 cm³/mol. The number of anilines is 1. The molecule has 0 spiro atoms. The largest absolute Gasteiger partial charge is 0.379 e. The summed E-state index contributed by atoms with van der Waals surface area (Å²) < 4.78 is 11.8. The molecule has 0 aliphatic carbocycles. The third kappa shape index (κ3) is 3.27. The Bertz CT molecular complexity index is 654. The normalized spacial score (nSPS) is 12.5. The Morgan fingerprint density at radius 2 is 2.26 bits per heavy atom. The summed E-state index contributed by atoms with van der Waals surface area (Å²) in [5.41, 5.74) is 1.19. The molecular weight excluding hydrogens is 286 g/mol. The Morgan fingerprint density at radius 1 is 1.53 bits per heavy atom. The van der Waals surface area contributed by atoms with Gasteiger partial charge in [-0.1, -0.05) is 0 Å². The van der Waals surface area contributed by atoms with Crippen molar-refractivity contribution in [2.75, 3.05) is 23.9 Å². The van der Waals surface area contributed by atoms with Crippen LogP contribution < -0.4 is 5.32 Å². The highest BCUT2D eigenvalue weighted by Gasteiger charge is 2.16. The molecule has 0 bridgehead atoms. The van der Waals surface area contributed by atoms with E-state index < -0.39 is 15.7 Å². The summed E-state index contributed by atoms with van der Waals surface area (Å²) in [5.74, 6) is 0.450. The van der Waals surface area contributed by atoms with Crippen molar-refractivity contribution in [2.45, 2.75) is 6.92 Å². The molecule has 102 valence electrons. The first-order valence-corrected chi connectivity index (χ1v) is 8.11. The van der Waals surface area contributed by atoms with Crippen molar-refractivity contribution in [3.8, 4) is 0 Å². The second-order valence-electron chi connectivity index (χ2n) is 4.03. The molecule has 19 heavy (non-hydrogen) atoms. The standard InChI is InChI=1S/C11H13N3O3S2/c1-7-13-9-5-8(12-3-4-19(2)17)10(14(15)16)6-11(9)18-7/h5-6,12H,3-4H2,1-2H3. The van der Waals surface area contributed by atoms with Crippen molar-refractivity contribution in [2.24, 2.45) is 0 Å². The molecule has 8 heteroatoms. The van der Waals surface area contributed by atoms with E-state index in [0.717, 1.165) is 15.2 Å². The van der Waals surface area contributed by atoms with E-state index in [9.17, 15) is 14.3 Å². The first-order chi connectivity index (χ1) is 8.97. The fourth-order valence-electron chi connectivity index (χ4n) is 1.70. The maximum atomic E-state index is 11.1. The lowest BCUT2D eigenvalue weighted by Gasteiger charge is -2.06. The van der Waals surface area contributed by atoms with Crippen molar-refractivity contribution in [1.29, 1.82) is 0 Å². The minimum Gasteiger partial charge on any atom is -0.379 e. The lowest BCUT2D eigenvalue weighted by molar-refractivity contribution is -0.383. The van der Waals surface area contributed by atoms with Gasteiger partial charge in [-0.15, -0.1) is 11.3 Å². The van der Waals surface area contributed by atoms with Crippen LogP contribution in [0.1, 0.15) is 5.01 Å². The van der Waals surface area contributed by atoms with E-state index in [2.05, 4.69) is 10.3 Å². The van der Waals surface area contributed by atoms with Gasteiger partial charge in [0.05, 0.1) is 20.1 Å². The first kappa shape index (κ1) is 13.9. The molecule has 1 atom stereocenters. The highest BCUT2D eigenvalue weighted by molar-refractivity contribution is 7.84. The number of hydrogen-bond acceptors (Lipinski definition) is 6. The van der Waals surface area contributed by atoms with Crippen molar-refractivity contribution >= 4 is 43.7 Å². The number of rotatable bonds is 5. The summed E-state index contributed by atoms with van der Waals surface area (Å²) >= 11 is 1.43. The first-order valence-electron chi connectivity index (χ1n) is 5.57. The number of nitro groups is 1. The number of thiazole rings is 1. The molecule has 1 heterocycles. The van der Waals surface area contributed by atoms with Crippen LogP contribution in [0.15, 0.2) is 12.1 Å². The zero-order chi connectivity index (χ0) is 14.0. The highest BCUT2D eigenvalue weighted by Crippen LogP contribution is 2.32. The topological polar surface area (TPSA) is 85.1 Å². The average Bonchev–Trinajstić information content (AvgIpc) is 2.66. The SMILES string of the molecule is Cc1nc2cc(NCCS(C)=O)c([N+](=O)[O-])cc2s1. The summed E-state index contributed by atoms with van der Waals surface area (Å²) in [4.78, 5) is 15.0. The van der Waals surface area contributed by atoms with Crippen LogP contribution in [0.25, 0.3) is 10.2 Å². The summed E-state index contributed by atoms with van der Waals surface area (Å²) in [6, 6.07) is 3.21. The summed E-state index contributed by atoms with van der Waals surface area (Å²) in [5, 5.41) is 14.9. The van der Waals surface area contributed by atoms with Gasteiger partial charge in [0.1, 0.15) is 5.69 Å². The second kappa shape index (κ2) is 5.62. The zero-order valence-corrected chi connectivity index (χ0v) is 12.1. The molecule has 0 saturated heterocycles. The number of fused-ring (bicyclic) bond motifs is 1. The number of aromatic nitrogens is 1. The Morgan fingerprint density at radius 3 is 2.89 bits per heavy atom. The number of aryl methyl sites for hydroxylation is 1. The van der Waals surface area contributed by atoms with Crippen LogP contribution >= 0.6 is 11.3 Å². The van der Waals surface area contributed by atoms with Gasteiger partial charge in [-0.3, -0.25) is 14.3 Å². The molecule has 0 fully saturated rings. The van der Waals surface area contributed by atoms with Gasteiger partial charge in [0, 0.05) is 35.4 Å². The van der Waals surface area contributed by atoms with Crippen LogP contribution in [0.2, 0.25) is 0 Å². The summed E-state index contributed by atoms with van der Waals surface area (Å²) in [6.07, 6.45) is 1.60. The molecule has 0 amide bonds. The van der Waals surface area contributed by atoms with Gasteiger partial charge in [0.2, 0.25) is 0 Å². The minimum absolute atomic E-state index is 0.0260. The van der Waals surface area contributed by atoms with Gasteiger partial charge < -0.3 is 5.32 Å². The Kier molecular flexibility index (Phi) is 4.11. The zero-order valence-electron chi connectivity index (χ0n) is 10.5. The predicted octanol–water partition coefficient (Wildman–Crippen LogP) is 2.30. The second-order valence-corrected chi connectivity index (χ2v) is 6.82. The molecule has 1 unspecified atom stereocenters. The average molecular weight is 299 g/mol. The van der Waals surface area contributed by atoms with Gasteiger partial charge in [-0.25, -0.2) is 4.98 Å². The van der Waals surface area contributed by atoms with Gasteiger partial charge >= 0.3 is 0 Å². The fourth-order valence-corrected chi connectivity index (χ4v) is 2.93. The van der Waals surface area contributed by atoms with Crippen LogP contribution in [0.3, 0.4) is 0 Å². The fraction of sp³-hybridized carbons (Fsp3) is 0.364. The Balaban J connectivity index is 2.35. The minimum atomic E-state index is -0.925. The van der Waals surface area contributed by atoms with Crippen molar-refractivity contribution in [3.05, 3.63) is 27.3 Å². The maximum Gasteiger partial charge on any atom is 0.293 e. The molecule has 6 nitrogen and oxygen atoms in total. The summed E-state index contributed by atoms with van der Waals surface area (Å²) in [6.45, 7) is 2.29. The van der Waals surface area contributed by atoms with Gasteiger partial charge in [0.15, 0.2) is 0 Å². The molecule has 0 radical (unpaired) electrons. The smallest absolute Gasteiger partial charge is 0.293 e. The number of nitro benzene ring substituents is 1. The lowest BCUT2D eigenvalue weighted by atomic mass is 10.2. The van der Waals surface area contributed by atoms with E-state index >= 15 is 0 Å². The van der Waals surface area contributed by atoms with Gasteiger partial charge in [-0.05, 0) is 13.0 Å². The third-order valence-electron chi connectivity index (χ3n) is 2.51. The van der Waals surface area contributed by atoms with E-state index in [-0.39, 0.29) is 5.69 Å². The number of benzene rings is 1. The third-order valence-corrected chi connectivity index (χ3v) is 4.23. The van der Waals surface area contributed by atoms with Gasteiger partial charge in [0.25, 0.3) is 5.69 Å². The molecule has 0 saturated carbocycles. The van der Waals surface area contributed by atoms with Gasteiger partial charge in [-0.2, -0.15) is 0 Å². The van der Waals surface area contributed by atoms with E-state index in [1.165, 1.54) is 17.4 Å². The van der Waals surface area contributed by atoms with Crippen LogP contribution in [0, 0.1) is 17.0 Å². The molecular formula is C11H13N3O3S2. The van der Waals surface area contributed by atoms with E-state index in [4.69, 9.17) is 0 Å². The number of hydrogen-bond donors (Lipinski definition) is 1. The van der Waals surface area contributed by atoms with Crippen LogP contribution in [0.4, 0.5) is 11.4 Å². The van der Waals surface area contributed by atoms with E-state index in [1.54, 1.807) is 12.3 Å².